The zero-order valence-electron chi connectivity index (χ0n) is 10.1. The van der Waals surface area contributed by atoms with Gasteiger partial charge in [0.2, 0.25) is 0 Å². The predicted molar refractivity (Wildman–Crippen MR) is 77.8 cm³/mol. The molecule has 0 saturated carbocycles. The van der Waals surface area contributed by atoms with Crippen LogP contribution in [0.15, 0.2) is 47.8 Å². The zero-order chi connectivity index (χ0) is 13.9. The molecule has 0 bridgehead atoms. The third kappa shape index (κ3) is 2.52. The van der Waals surface area contributed by atoms with E-state index >= 15 is 0 Å². The maximum absolute atomic E-state index is 10.7. The third-order valence-corrected chi connectivity index (χ3v) is 3.65. The van der Waals surface area contributed by atoms with Crippen LogP contribution in [-0.4, -0.2) is 21.1 Å². The van der Waals surface area contributed by atoms with Crippen LogP contribution in [0.25, 0.3) is 10.1 Å². The van der Waals surface area contributed by atoms with E-state index in [0.29, 0.717) is 5.82 Å². The Hall–Kier alpha value is -2.67. The molecule has 0 radical (unpaired) electrons. The molecule has 7 heteroatoms. The number of benzene rings is 1. The fourth-order valence-corrected chi connectivity index (χ4v) is 2.63. The Labute approximate surface area is 117 Å². The van der Waals surface area contributed by atoms with Gasteiger partial charge in [0.05, 0.1) is 11.1 Å². The highest BCUT2D eigenvalue weighted by atomic mass is 32.1. The van der Waals surface area contributed by atoms with E-state index < -0.39 is 4.92 Å². The Kier molecular flexibility index (Phi) is 3.18. The largest absolute Gasteiger partial charge is 0.270 e. The Morgan fingerprint density at radius 2 is 2.20 bits per heavy atom. The number of fused-ring (bicyclic) bond motifs is 1. The summed E-state index contributed by atoms with van der Waals surface area (Å²) in [6.07, 6.45) is 6.40. The number of nitrogens with zero attached hydrogens (tertiary/aromatic N) is 4. The van der Waals surface area contributed by atoms with Crippen LogP contribution in [-0.2, 0) is 0 Å². The summed E-state index contributed by atoms with van der Waals surface area (Å²) in [5.74, 6) is 0.524. The van der Waals surface area contributed by atoms with Crippen molar-refractivity contribution in [3.63, 3.8) is 0 Å². The van der Waals surface area contributed by atoms with Gasteiger partial charge in [-0.05, 0) is 17.5 Å². The summed E-state index contributed by atoms with van der Waals surface area (Å²) in [5.41, 5.74) is 0.0905. The molecule has 6 nitrogen and oxygen atoms in total. The lowest BCUT2D eigenvalue weighted by molar-refractivity contribution is -0.384. The van der Waals surface area contributed by atoms with Gasteiger partial charge in [-0.25, -0.2) is 9.98 Å². The molecule has 98 valence electrons. The quantitative estimate of drug-likeness (QED) is 0.419. The van der Waals surface area contributed by atoms with Crippen LogP contribution >= 0.6 is 11.3 Å². The van der Waals surface area contributed by atoms with E-state index in [4.69, 9.17) is 0 Å². The summed E-state index contributed by atoms with van der Waals surface area (Å²) in [6, 6.07) is 6.68. The van der Waals surface area contributed by atoms with Crippen molar-refractivity contribution in [3.8, 4) is 0 Å². The van der Waals surface area contributed by atoms with Gasteiger partial charge in [-0.2, -0.15) is 0 Å². The number of hydrogen-bond donors (Lipinski definition) is 0. The molecule has 0 atom stereocenters. The summed E-state index contributed by atoms with van der Waals surface area (Å²) in [6.45, 7) is 0. The molecule has 0 amide bonds. The first-order valence-electron chi connectivity index (χ1n) is 5.70. The predicted octanol–water partition coefficient (Wildman–Crippen LogP) is 3.35. The van der Waals surface area contributed by atoms with Crippen LogP contribution in [0.1, 0.15) is 4.88 Å². The summed E-state index contributed by atoms with van der Waals surface area (Å²) in [4.78, 5) is 23.4. The van der Waals surface area contributed by atoms with Gasteiger partial charge in [-0.15, -0.1) is 11.3 Å². The molecular formula is C13H8N4O2S. The Bertz CT molecular complexity index is 798. The van der Waals surface area contributed by atoms with E-state index in [9.17, 15) is 10.1 Å². The average Bonchev–Trinajstić information content (AvgIpc) is 2.88. The molecule has 1 aromatic carbocycles. The monoisotopic (exact) mass is 284 g/mol. The highest BCUT2D eigenvalue weighted by Gasteiger charge is 2.08. The Morgan fingerprint density at radius 3 is 2.95 bits per heavy atom. The summed E-state index contributed by atoms with van der Waals surface area (Å²) >= 11 is 1.52. The van der Waals surface area contributed by atoms with E-state index in [1.165, 1.54) is 17.4 Å². The number of aliphatic imine (C=N–C) groups is 1. The molecule has 0 spiro atoms. The second-order valence-corrected chi connectivity index (χ2v) is 5.07. The molecule has 0 aliphatic rings. The minimum absolute atomic E-state index is 0.0905. The summed E-state index contributed by atoms with van der Waals surface area (Å²) in [7, 11) is 0. The average molecular weight is 284 g/mol. The highest BCUT2D eigenvalue weighted by molar-refractivity contribution is 7.20. The fraction of sp³-hybridized carbons (Fsp3) is 0. The number of non-ortho nitro benzene ring substituents is 1. The standard InChI is InChI=1S/C13H8N4O2S/c18-17(19)10-1-2-12-9(5-10)6-11(20-12)7-16-13-8-14-3-4-15-13/h1-8H. The number of rotatable bonds is 3. The minimum atomic E-state index is -0.398. The van der Waals surface area contributed by atoms with Crippen molar-refractivity contribution in [2.45, 2.75) is 0 Å². The third-order valence-electron chi connectivity index (χ3n) is 2.60. The first-order valence-corrected chi connectivity index (χ1v) is 6.52. The van der Waals surface area contributed by atoms with Crippen LogP contribution in [0.5, 0.6) is 0 Å². The molecule has 0 saturated heterocycles. The van der Waals surface area contributed by atoms with Gasteiger partial charge in [0.15, 0.2) is 5.82 Å². The second-order valence-electron chi connectivity index (χ2n) is 3.95. The van der Waals surface area contributed by atoms with Crippen molar-refractivity contribution in [1.82, 2.24) is 9.97 Å². The number of nitro groups is 1. The summed E-state index contributed by atoms with van der Waals surface area (Å²) in [5, 5.41) is 11.6. The van der Waals surface area contributed by atoms with Crippen LogP contribution in [0.3, 0.4) is 0 Å². The minimum Gasteiger partial charge on any atom is -0.259 e. The molecule has 2 aromatic heterocycles. The molecule has 2 heterocycles. The molecule has 0 aliphatic heterocycles. The highest BCUT2D eigenvalue weighted by Crippen LogP contribution is 2.28. The van der Waals surface area contributed by atoms with E-state index in [-0.39, 0.29) is 5.69 Å². The second kappa shape index (κ2) is 5.14. The van der Waals surface area contributed by atoms with Crippen molar-refractivity contribution >= 4 is 39.1 Å². The molecule has 0 unspecified atom stereocenters. The van der Waals surface area contributed by atoms with Gasteiger partial charge in [0.1, 0.15) is 0 Å². The normalized spacial score (nSPS) is 11.2. The first kappa shape index (κ1) is 12.4. The van der Waals surface area contributed by atoms with Crippen molar-refractivity contribution in [2.24, 2.45) is 4.99 Å². The van der Waals surface area contributed by atoms with E-state index in [1.807, 2.05) is 6.07 Å². The van der Waals surface area contributed by atoms with Gasteiger partial charge in [-0.1, -0.05) is 0 Å². The van der Waals surface area contributed by atoms with Gasteiger partial charge < -0.3 is 0 Å². The van der Waals surface area contributed by atoms with Gasteiger partial charge >= 0.3 is 0 Å². The molecule has 0 aliphatic carbocycles. The molecule has 0 fully saturated rings. The Balaban J connectivity index is 1.93. The molecule has 0 N–H and O–H groups in total. The van der Waals surface area contributed by atoms with E-state index in [1.54, 1.807) is 36.9 Å². The molecule has 20 heavy (non-hydrogen) atoms. The lowest BCUT2D eigenvalue weighted by atomic mass is 10.2. The van der Waals surface area contributed by atoms with Crippen molar-refractivity contribution < 1.29 is 4.92 Å². The fourth-order valence-electron chi connectivity index (χ4n) is 1.72. The van der Waals surface area contributed by atoms with Gasteiger partial charge in [-0.3, -0.25) is 15.1 Å². The lowest BCUT2D eigenvalue weighted by Gasteiger charge is -1.89. The van der Waals surface area contributed by atoms with Crippen LogP contribution in [0.2, 0.25) is 0 Å². The molecule has 3 aromatic rings. The molecule has 3 rings (SSSR count). The number of aromatic nitrogens is 2. The van der Waals surface area contributed by atoms with Crippen molar-refractivity contribution in [1.29, 1.82) is 0 Å². The maximum atomic E-state index is 10.7. The first-order chi connectivity index (χ1) is 9.72. The Morgan fingerprint density at radius 1 is 1.30 bits per heavy atom. The van der Waals surface area contributed by atoms with Crippen LogP contribution < -0.4 is 0 Å². The maximum Gasteiger partial charge on any atom is 0.270 e. The molecular weight excluding hydrogens is 276 g/mol. The van der Waals surface area contributed by atoms with Crippen molar-refractivity contribution in [2.75, 3.05) is 0 Å². The van der Waals surface area contributed by atoms with Gasteiger partial charge in [0.25, 0.3) is 5.69 Å². The number of hydrogen-bond acceptors (Lipinski definition) is 6. The van der Waals surface area contributed by atoms with Crippen LogP contribution in [0.4, 0.5) is 11.5 Å². The number of nitro benzene ring substituents is 1. The lowest BCUT2D eigenvalue weighted by Crippen LogP contribution is -1.85. The van der Waals surface area contributed by atoms with Crippen LogP contribution in [0, 0.1) is 10.1 Å². The van der Waals surface area contributed by atoms with Gasteiger partial charge in [0, 0.05) is 40.3 Å². The van der Waals surface area contributed by atoms with Crippen molar-refractivity contribution in [3.05, 3.63) is 57.8 Å². The zero-order valence-corrected chi connectivity index (χ0v) is 10.9. The van der Waals surface area contributed by atoms with E-state index in [2.05, 4.69) is 15.0 Å². The number of thiophene rings is 1. The SMILES string of the molecule is O=[N+]([O-])c1ccc2sc(C=Nc3cnccn3)cc2c1. The smallest absolute Gasteiger partial charge is 0.259 e. The topological polar surface area (TPSA) is 81.3 Å². The summed E-state index contributed by atoms with van der Waals surface area (Å²) < 4.78 is 0.983. The van der Waals surface area contributed by atoms with E-state index in [0.717, 1.165) is 15.0 Å².